The normalized spacial score (nSPS) is 12.3. The molecule has 0 saturated heterocycles. The summed E-state index contributed by atoms with van der Waals surface area (Å²) < 4.78 is 40.3. The molecule has 0 aliphatic rings. The zero-order valence-corrected chi connectivity index (χ0v) is 13.7. The van der Waals surface area contributed by atoms with Crippen molar-refractivity contribution in [3.05, 3.63) is 66.5 Å². The second-order valence-electron chi connectivity index (χ2n) is 6.15. The number of hydrogen-bond donors (Lipinski definition) is 1. The molecule has 0 saturated carbocycles. The summed E-state index contributed by atoms with van der Waals surface area (Å²) in [4.78, 5) is 16.4. The molecule has 5 aromatic rings. The van der Waals surface area contributed by atoms with E-state index in [2.05, 4.69) is 19.9 Å². The van der Waals surface area contributed by atoms with Gasteiger partial charge in [-0.05, 0) is 30.3 Å². The lowest BCUT2D eigenvalue weighted by atomic mass is 10.1. The van der Waals surface area contributed by atoms with Crippen molar-refractivity contribution >= 4 is 32.8 Å². The minimum absolute atomic E-state index is 0.00952. The number of halogens is 3. The molecule has 3 aromatic heterocycles. The number of nitrogens with one attached hydrogen (secondary N) is 1. The van der Waals surface area contributed by atoms with Crippen molar-refractivity contribution in [1.29, 1.82) is 0 Å². The Kier molecular flexibility index (Phi) is 3.21. The van der Waals surface area contributed by atoms with E-state index < -0.39 is 11.7 Å². The summed E-state index contributed by atoms with van der Waals surface area (Å²) in [5, 5.41) is 1.51. The Morgan fingerprint density at radius 1 is 0.741 bits per heavy atom. The molecule has 0 fully saturated rings. The van der Waals surface area contributed by atoms with Crippen LogP contribution >= 0.6 is 0 Å². The van der Waals surface area contributed by atoms with Gasteiger partial charge in [0.2, 0.25) is 0 Å². The largest absolute Gasteiger partial charge is 0.417 e. The Morgan fingerprint density at radius 3 is 2.15 bits per heavy atom. The van der Waals surface area contributed by atoms with Crippen molar-refractivity contribution in [2.45, 2.75) is 6.18 Å². The van der Waals surface area contributed by atoms with Crippen molar-refractivity contribution in [2.24, 2.45) is 0 Å². The number of H-pyrrole nitrogens is 1. The summed E-state index contributed by atoms with van der Waals surface area (Å²) in [7, 11) is 0. The highest BCUT2D eigenvalue weighted by molar-refractivity contribution is 6.21. The quantitative estimate of drug-likeness (QED) is 0.408. The van der Waals surface area contributed by atoms with Gasteiger partial charge in [0.1, 0.15) is 5.82 Å². The van der Waals surface area contributed by atoms with Crippen molar-refractivity contribution in [3.63, 3.8) is 0 Å². The Labute approximate surface area is 150 Å². The highest BCUT2D eigenvalue weighted by atomic mass is 19.4. The fourth-order valence-electron chi connectivity index (χ4n) is 3.41. The molecule has 0 unspecified atom stereocenters. The minimum atomic E-state index is -4.47. The van der Waals surface area contributed by atoms with Crippen LogP contribution in [-0.4, -0.2) is 19.9 Å². The van der Waals surface area contributed by atoms with Crippen molar-refractivity contribution in [2.75, 3.05) is 0 Å². The molecule has 0 spiro atoms. The lowest BCUT2D eigenvalue weighted by molar-refractivity contribution is -0.137. The van der Waals surface area contributed by atoms with E-state index in [0.29, 0.717) is 22.1 Å². The average Bonchev–Trinajstić information content (AvgIpc) is 3.13. The number of hydrogen-bond acceptors (Lipinski definition) is 3. The van der Waals surface area contributed by atoms with Crippen LogP contribution in [0.25, 0.3) is 44.2 Å². The SMILES string of the molecule is FC(F)(F)c1ccccc1-c1nc2c3cccnc3c3ncccc3c2[nH]1. The number of fused-ring (bicyclic) bond motifs is 6. The van der Waals surface area contributed by atoms with Crippen LogP contribution in [0.1, 0.15) is 5.56 Å². The smallest absolute Gasteiger partial charge is 0.337 e. The van der Waals surface area contributed by atoms with Gasteiger partial charge in [0.15, 0.2) is 0 Å². The van der Waals surface area contributed by atoms with Crippen LogP contribution in [0.3, 0.4) is 0 Å². The first-order valence-corrected chi connectivity index (χ1v) is 8.22. The van der Waals surface area contributed by atoms with E-state index in [1.165, 1.54) is 12.1 Å². The molecule has 0 atom stereocenters. The minimum Gasteiger partial charge on any atom is -0.337 e. The molecule has 0 radical (unpaired) electrons. The summed E-state index contributed by atoms with van der Waals surface area (Å²) in [6.45, 7) is 0. The number of aromatic amines is 1. The molecule has 0 aliphatic heterocycles. The fourth-order valence-corrected chi connectivity index (χ4v) is 3.41. The van der Waals surface area contributed by atoms with Gasteiger partial charge in [-0.1, -0.05) is 18.2 Å². The lowest BCUT2D eigenvalue weighted by Gasteiger charge is -2.10. The third-order valence-corrected chi connectivity index (χ3v) is 4.56. The van der Waals surface area contributed by atoms with E-state index in [4.69, 9.17) is 0 Å². The molecule has 2 aromatic carbocycles. The molecular weight excluding hydrogens is 353 g/mol. The maximum absolute atomic E-state index is 13.4. The van der Waals surface area contributed by atoms with Crippen LogP contribution in [0.2, 0.25) is 0 Å². The number of benzene rings is 2. The maximum Gasteiger partial charge on any atom is 0.417 e. The number of imidazole rings is 1. The van der Waals surface area contributed by atoms with Gasteiger partial charge < -0.3 is 4.98 Å². The monoisotopic (exact) mass is 364 g/mol. The molecule has 0 bridgehead atoms. The number of alkyl halides is 3. The van der Waals surface area contributed by atoms with E-state index in [9.17, 15) is 13.2 Å². The molecule has 3 heterocycles. The van der Waals surface area contributed by atoms with Crippen molar-refractivity contribution in [3.8, 4) is 11.4 Å². The third-order valence-electron chi connectivity index (χ3n) is 4.56. The fraction of sp³-hybridized carbons (Fsp3) is 0.0500. The van der Waals surface area contributed by atoms with Gasteiger partial charge in [-0.15, -0.1) is 0 Å². The van der Waals surface area contributed by atoms with Crippen molar-refractivity contribution in [1.82, 2.24) is 19.9 Å². The van der Waals surface area contributed by atoms with Gasteiger partial charge in [-0.2, -0.15) is 13.2 Å². The zero-order valence-electron chi connectivity index (χ0n) is 13.7. The topological polar surface area (TPSA) is 54.5 Å². The molecule has 4 nitrogen and oxygen atoms in total. The van der Waals surface area contributed by atoms with Crippen LogP contribution in [0.15, 0.2) is 60.9 Å². The molecule has 0 amide bonds. The van der Waals surface area contributed by atoms with E-state index in [-0.39, 0.29) is 11.4 Å². The van der Waals surface area contributed by atoms with Gasteiger partial charge in [0.25, 0.3) is 0 Å². The van der Waals surface area contributed by atoms with Crippen LogP contribution in [0.5, 0.6) is 0 Å². The van der Waals surface area contributed by atoms with Crippen LogP contribution < -0.4 is 0 Å². The Morgan fingerprint density at radius 2 is 1.41 bits per heavy atom. The summed E-state index contributed by atoms with van der Waals surface area (Å²) >= 11 is 0. The Balaban J connectivity index is 1.91. The number of pyridine rings is 2. The molecule has 1 N–H and O–H groups in total. The number of aromatic nitrogens is 4. The maximum atomic E-state index is 13.4. The first kappa shape index (κ1) is 15.7. The first-order chi connectivity index (χ1) is 13.0. The second kappa shape index (κ2) is 5.51. The third kappa shape index (κ3) is 2.35. The standard InChI is InChI=1S/C20H11F3N4/c21-20(22,23)14-8-2-1-5-11(14)19-26-17-12-6-3-9-24-15(12)16-13(18(17)27-19)7-4-10-25-16/h1-10H,(H,26,27). The van der Waals surface area contributed by atoms with Crippen molar-refractivity contribution < 1.29 is 13.2 Å². The lowest BCUT2D eigenvalue weighted by Crippen LogP contribution is -2.07. The first-order valence-electron chi connectivity index (χ1n) is 8.22. The Hall–Kier alpha value is -3.48. The van der Waals surface area contributed by atoms with Crippen LogP contribution in [0, 0.1) is 0 Å². The highest BCUT2D eigenvalue weighted by Gasteiger charge is 2.34. The van der Waals surface area contributed by atoms with Gasteiger partial charge >= 0.3 is 6.18 Å². The van der Waals surface area contributed by atoms with Crippen LogP contribution in [-0.2, 0) is 6.18 Å². The summed E-state index contributed by atoms with van der Waals surface area (Å²) in [6, 6.07) is 12.7. The van der Waals surface area contributed by atoms with Gasteiger partial charge in [0, 0.05) is 28.7 Å². The summed E-state index contributed by atoms with van der Waals surface area (Å²) in [5.41, 5.74) is 1.85. The number of rotatable bonds is 1. The highest BCUT2D eigenvalue weighted by Crippen LogP contribution is 2.38. The van der Waals surface area contributed by atoms with E-state index in [1.54, 1.807) is 30.6 Å². The van der Waals surface area contributed by atoms with Gasteiger partial charge in [-0.25, -0.2) is 4.98 Å². The molecular formula is C20H11F3N4. The Bertz CT molecular complexity index is 1250. The predicted molar refractivity (Wildman–Crippen MR) is 97.1 cm³/mol. The van der Waals surface area contributed by atoms with E-state index in [0.717, 1.165) is 16.8 Å². The molecule has 7 heteroatoms. The predicted octanol–water partition coefficient (Wildman–Crippen LogP) is 5.35. The van der Waals surface area contributed by atoms with Crippen LogP contribution in [0.4, 0.5) is 13.2 Å². The average molecular weight is 364 g/mol. The molecule has 0 aliphatic carbocycles. The van der Waals surface area contributed by atoms with E-state index >= 15 is 0 Å². The van der Waals surface area contributed by atoms with Gasteiger partial charge in [0.05, 0.1) is 27.6 Å². The molecule has 5 rings (SSSR count). The second-order valence-corrected chi connectivity index (χ2v) is 6.15. The summed E-state index contributed by atoms with van der Waals surface area (Å²) in [5.74, 6) is 0.166. The molecule has 27 heavy (non-hydrogen) atoms. The summed E-state index contributed by atoms with van der Waals surface area (Å²) in [6.07, 6.45) is -1.14. The van der Waals surface area contributed by atoms with E-state index in [1.807, 2.05) is 12.1 Å². The number of nitrogens with zero attached hydrogens (tertiary/aromatic N) is 3. The van der Waals surface area contributed by atoms with Gasteiger partial charge in [-0.3, -0.25) is 9.97 Å². The zero-order chi connectivity index (χ0) is 18.6. The molecule has 132 valence electrons.